The maximum absolute atomic E-state index is 12.1. The normalized spacial score (nSPS) is 10.1. The van der Waals surface area contributed by atoms with Crippen LogP contribution in [-0.4, -0.2) is 25.0 Å². The van der Waals surface area contributed by atoms with Gasteiger partial charge in [-0.05, 0) is 6.07 Å². The summed E-state index contributed by atoms with van der Waals surface area (Å²) in [5.74, 6) is 0.203. The summed E-state index contributed by atoms with van der Waals surface area (Å²) in [7, 11) is 1.45. The lowest BCUT2D eigenvalue weighted by Crippen LogP contribution is -2.26. The number of hydrogen-bond donors (Lipinski definition) is 1. The Morgan fingerprint density at radius 1 is 1.67 bits per heavy atom. The lowest BCUT2D eigenvalue weighted by atomic mass is 10.2. The summed E-state index contributed by atoms with van der Waals surface area (Å²) >= 11 is 0. The van der Waals surface area contributed by atoms with Gasteiger partial charge in [0.1, 0.15) is 6.07 Å². The van der Waals surface area contributed by atoms with Crippen molar-refractivity contribution in [1.82, 2.24) is 4.98 Å². The molecule has 0 bridgehead atoms. The maximum Gasteiger partial charge on any atom is 0.255 e. The molecule has 0 aromatic carbocycles. The number of nitrogens with two attached hydrogens (primary N) is 1. The zero-order chi connectivity index (χ0) is 11.4. The van der Waals surface area contributed by atoms with Crippen LogP contribution in [0, 0.1) is 11.3 Å². The minimum atomic E-state index is -2.47. The molecule has 1 rings (SSSR count). The van der Waals surface area contributed by atoms with Crippen LogP contribution in [0.25, 0.3) is 0 Å². The average molecular weight is 212 g/mol. The summed E-state index contributed by atoms with van der Waals surface area (Å²) in [5, 5.41) is 8.68. The number of rotatable bonds is 3. The summed E-state index contributed by atoms with van der Waals surface area (Å²) in [5.41, 5.74) is 5.96. The number of alkyl halides is 2. The van der Waals surface area contributed by atoms with E-state index in [1.54, 1.807) is 0 Å². The van der Waals surface area contributed by atoms with Gasteiger partial charge in [-0.3, -0.25) is 0 Å². The zero-order valence-corrected chi connectivity index (χ0v) is 8.11. The Morgan fingerprint density at radius 2 is 2.33 bits per heavy atom. The van der Waals surface area contributed by atoms with Crippen LogP contribution < -0.4 is 10.6 Å². The maximum atomic E-state index is 12.1. The highest BCUT2D eigenvalue weighted by molar-refractivity contribution is 5.69. The number of nitrogen functional groups attached to an aromatic ring is 1. The van der Waals surface area contributed by atoms with Gasteiger partial charge in [-0.15, -0.1) is 0 Å². The van der Waals surface area contributed by atoms with Crippen LogP contribution >= 0.6 is 0 Å². The predicted molar refractivity (Wildman–Crippen MR) is 52.6 cm³/mol. The molecule has 0 spiro atoms. The van der Waals surface area contributed by atoms with Crippen molar-refractivity contribution in [2.75, 3.05) is 24.2 Å². The second kappa shape index (κ2) is 4.55. The fourth-order valence-electron chi connectivity index (χ4n) is 1.16. The molecule has 6 heteroatoms. The Hall–Kier alpha value is -1.90. The van der Waals surface area contributed by atoms with E-state index in [1.807, 2.05) is 6.07 Å². The van der Waals surface area contributed by atoms with Gasteiger partial charge in [0.25, 0.3) is 6.43 Å². The van der Waals surface area contributed by atoms with Gasteiger partial charge in [0.05, 0.1) is 17.8 Å². The van der Waals surface area contributed by atoms with Gasteiger partial charge in [-0.2, -0.15) is 5.26 Å². The second-order valence-electron chi connectivity index (χ2n) is 2.98. The Morgan fingerprint density at radius 3 is 2.87 bits per heavy atom. The van der Waals surface area contributed by atoms with E-state index in [-0.39, 0.29) is 17.1 Å². The molecule has 1 aromatic heterocycles. The highest BCUT2D eigenvalue weighted by Crippen LogP contribution is 2.22. The largest absolute Gasteiger partial charge is 0.395 e. The fraction of sp³-hybridized carbons (Fsp3) is 0.333. The van der Waals surface area contributed by atoms with Crippen LogP contribution in [0.2, 0.25) is 0 Å². The SMILES string of the molecule is CN(CC(F)F)c1nccc(C#N)c1N. The molecule has 0 unspecified atom stereocenters. The Bertz CT molecular complexity index is 386. The molecule has 0 fully saturated rings. The Balaban J connectivity index is 3.00. The third kappa shape index (κ3) is 2.53. The van der Waals surface area contributed by atoms with Crippen molar-refractivity contribution in [2.24, 2.45) is 0 Å². The van der Waals surface area contributed by atoms with E-state index in [9.17, 15) is 8.78 Å². The monoisotopic (exact) mass is 212 g/mol. The molecule has 0 atom stereocenters. The number of aromatic nitrogens is 1. The van der Waals surface area contributed by atoms with E-state index in [1.165, 1.54) is 24.2 Å². The smallest absolute Gasteiger partial charge is 0.255 e. The van der Waals surface area contributed by atoms with E-state index in [2.05, 4.69) is 4.98 Å². The van der Waals surface area contributed by atoms with Gasteiger partial charge >= 0.3 is 0 Å². The van der Waals surface area contributed by atoms with Gasteiger partial charge in [0, 0.05) is 13.2 Å². The quantitative estimate of drug-likeness (QED) is 0.818. The van der Waals surface area contributed by atoms with E-state index in [4.69, 9.17) is 11.0 Å². The third-order valence-corrected chi connectivity index (χ3v) is 1.86. The van der Waals surface area contributed by atoms with Crippen LogP contribution in [0.15, 0.2) is 12.3 Å². The summed E-state index contributed by atoms with van der Waals surface area (Å²) < 4.78 is 24.2. The Kier molecular flexibility index (Phi) is 3.39. The van der Waals surface area contributed by atoms with Gasteiger partial charge in [-0.25, -0.2) is 13.8 Å². The van der Waals surface area contributed by atoms with E-state index >= 15 is 0 Å². The molecule has 1 aromatic rings. The minimum Gasteiger partial charge on any atom is -0.395 e. The average Bonchev–Trinajstić information content (AvgIpc) is 2.17. The molecule has 0 radical (unpaired) electrons. The lowest BCUT2D eigenvalue weighted by molar-refractivity contribution is 0.156. The van der Waals surface area contributed by atoms with E-state index < -0.39 is 13.0 Å². The number of anilines is 2. The number of nitrogens with zero attached hydrogens (tertiary/aromatic N) is 3. The highest BCUT2D eigenvalue weighted by atomic mass is 19.3. The van der Waals surface area contributed by atoms with Crippen molar-refractivity contribution in [2.45, 2.75) is 6.43 Å². The molecule has 4 nitrogen and oxygen atoms in total. The topological polar surface area (TPSA) is 65.9 Å². The van der Waals surface area contributed by atoms with Gasteiger partial charge in [0.2, 0.25) is 0 Å². The zero-order valence-electron chi connectivity index (χ0n) is 8.11. The number of pyridine rings is 1. The van der Waals surface area contributed by atoms with Crippen molar-refractivity contribution in [3.05, 3.63) is 17.8 Å². The van der Waals surface area contributed by atoms with Crippen molar-refractivity contribution in [3.63, 3.8) is 0 Å². The van der Waals surface area contributed by atoms with E-state index in [0.717, 1.165) is 0 Å². The van der Waals surface area contributed by atoms with Gasteiger partial charge < -0.3 is 10.6 Å². The number of hydrogen-bond acceptors (Lipinski definition) is 4. The molecular weight excluding hydrogens is 202 g/mol. The van der Waals surface area contributed by atoms with E-state index in [0.29, 0.717) is 0 Å². The summed E-state index contributed by atoms with van der Waals surface area (Å²) in [6, 6.07) is 3.30. The third-order valence-electron chi connectivity index (χ3n) is 1.86. The van der Waals surface area contributed by atoms with Crippen molar-refractivity contribution >= 4 is 11.5 Å². The number of halogens is 2. The standard InChI is InChI=1S/C9H10F2N4/c1-15(5-7(10)11)9-8(13)6(4-12)2-3-14-9/h2-3,7H,5,13H2,1H3. The highest BCUT2D eigenvalue weighted by Gasteiger charge is 2.14. The first-order valence-electron chi connectivity index (χ1n) is 4.20. The second-order valence-corrected chi connectivity index (χ2v) is 2.98. The van der Waals surface area contributed by atoms with Crippen LogP contribution in [0.4, 0.5) is 20.3 Å². The molecule has 1 heterocycles. The van der Waals surface area contributed by atoms with Crippen LogP contribution in [0.3, 0.4) is 0 Å². The lowest BCUT2D eigenvalue weighted by Gasteiger charge is -2.19. The molecule has 0 amide bonds. The van der Waals surface area contributed by atoms with Crippen molar-refractivity contribution < 1.29 is 8.78 Å². The Labute approximate surface area is 85.9 Å². The summed E-state index contributed by atoms with van der Waals surface area (Å²) in [6.45, 7) is -0.466. The molecule has 15 heavy (non-hydrogen) atoms. The molecule has 0 aliphatic heterocycles. The van der Waals surface area contributed by atoms with Crippen molar-refractivity contribution in [1.29, 1.82) is 5.26 Å². The molecule has 2 N–H and O–H groups in total. The molecule has 0 saturated carbocycles. The van der Waals surface area contributed by atoms with Gasteiger partial charge in [-0.1, -0.05) is 0 Å². The molecular formula is C9H10F2N4. The first-order chi connectivity index (χ1) is 7.06. The molecule has 0 saturated heterocycles. The first kappa shape index (κ1) is 11.2. The minimum absolute atomic E-state index is 0.128. The predicted octanol–water partition coefficient (Wildman–Crippen LogP) is 1.24. The summed E-state index contributed by atoms with van der Waals surface area (Å²) in [6.07, 6.45) is -1.10. The van der Waals surface area contributed by atoms with Crippen LogP contribution in [-0.2, 0) is 0 Å². The first-order valence-corrected chi connectivity index (χ1v) is 4.20. The molecule has 80 valence electrons. The fourth-order valence-corrected chi connectivity index (χ4v) is 1.16. The number of nitriles is 1. The van der Waals surface area contributed by atoms with Crippen molar-refractivity contribution in [3.8, 4) is 6.07 Å². The van der Waals surface area contributed by atoms with Gasteiger partial charge in [0.15, 0.2) is 5.82 Å². The van der Waals surface area contributed by atoms with Crippen LogP contribution in [0.5, 0.6) is 0 Å². The summed E-state index contributed by atoms with van der Waals surface area (Å²) in [4.78, 5) is 5.08. The van der Waals surface area contributed by atoms with Crippen LogP contribution in [0.1, 0.15) is 5.56 Å². The molecule has 0 aliphatic rings. The molecule has 0 aliphatic carbocycles.